The molecule has 1 aliphatic heterocycles. The second-order valence-electron chi connectivity index (χ2n) is 6.94. The van der Waals surface area contributed by atoms with Gasteiger partial charge < -0.3 is 10.2 Å². The molecule has 2 heteroatoms. The molecule has 0 aromatic heterocycles. The molecule has 1 saturated carbocycles. The SMILES string of the molecule is CNCCC1CCN(C2CC(C)CC(C)C2)CC1. The van der Waals surface area contributed by atoms with Gasteiger partial charge in [-0.25, -0.2) is 0 Å². The minimum atomic E-state index is 0.897. The molecule has 2 atom stereocenters. The van der Waals surface area contributed by atoms with E-state index in [1.54, 1.807) is 0 Å². The van der Waals surface area contributed by atoms with Gasteiger partial charge in [0.15, 0.2) is 0 Å². The summed E-state index contributed by atoms with van der Waals surface area (Å²) in [7, 11) is 2.07. The van der Waals surface area contributed by atoms with Crippen LogP contribution in [0.5, 0.6) is 0 Å². The third-order valence-electron chi connectivity index (χ3n) is 5.12. The highest BCUT2D eigenvalue weighted by Crippen LogP contribution is 2.33. The van der Waals surface area contributed by atoms with Crippen molar-refractivity contribution in [1.82, 2.24) is 10.2 Å². The topological polar surface area (TPSA) is 15.3 Å². The highest BCUT2D eigenvalue weighted by molar-refractivity contribution is 4.84. The maximum absolute atomic E-state index is 3.29. The molecule has 1 heterocycles. The molecule has 2 fully saturated rings. The molecule has 0 bridgehead atoms. The highest BCUT2D eigenvalue weighted by Gasteiger charge is 2.30. The Morgan fingerprint density at radius 1 is 1.00 bits per heavy atom. The van der Waals surface area contributed by atoms with Crippen LogP contribution in [0, 0.1) is 17.8 Å². The van der Waals surface area contributed by atoms with Gasteiger partial charge in [0, 0.05) is 6.04 Å². The first-order chi connectivity index (χ1) is 8.69. The Hall–Kier alpha value is -0.0800. The summed E-state index contributed by atoms with van der Waals surface area (Å²) in [6.07, 6.45) is 8.59. The minimum absolute atomic E-state index is 0.897. The number of likely N-dealkylation sites (tertiary alicyclic amines) is 1. The summed E-state index contributed by atoms with van der Waals surface area (Å²) >= 11 is 0. The number of nitrogens with zero attached hydrogens (tertiary/aromatic N) is 1. The molecule has 0 amide bonds. The molecule has 0 radical (unpaired) electrons. The molecule has 0 aromatic rings. The van der Waals surface area contributed by atoms with E-state index in [0.717, 1.165) is 23.8 Å². The Morgan fingerprint density at radius 2 is 1.61 bits per heavy atom. The van der Waals surface area contributed by atoms with Gasteiger partial charge in [-0.3, -0.25) is 0 Å². The van der Waals surface area contributed by atoms with Crippen molar-refractivity contribution < 1.29 is 0 Å². The molecule has 2 aliphatic rings. The number of hydrogen-bond acceptors (Lipinski definition) is 2. The largest absolute Gasteiger partial charge is 0.320 e. The molecule has 0 spiro atoms. The van der Waals surface area contributed by atoms with Crippen LogP contribution >= 0.6 is 0 Å². The Kier molecular flexibility index (Phi) is 5.50. The van der Waals surface area contributed by atoms with Gasteiger partial charge in [0.05, 0.1) is 0 Å². The van der Waals surface area contributed by atoms with E-state index in [4.69, 9.17) is 0 Å². The summed E-state index contributed by atoms with van der Waals surface area (Å²) in [5, 5.41) is 3.29. The lowest BCUT2D eigenvalue weighted by Crippen LogP contribution is -2.45. The monoisotopic (exact) mass is 252 g/mol. The number of piperidine rings is 1. The molecule has 1 N–H and O–H groups in total. The van der Waals surface area contributed by atoms with Crippen LogP contribution in [-0.2, 0) is 0 Å². The summed E-state index contributed by atoms with van der Waals surface area (Å²) in [6, 6.07) is 0.897. The predicted octanol–water partition coefficient (Wildman–Crippen LogP) is 3.13. The lowest BCUT2D eigenvalue weighted by molar-refractivity contribution is 0.0741. The molecular formula is C16H32N2. The van der Waals surface area contributed by atoms with E-state index >= 15 is 0 Å². The molecule has 0 aromatic carbocycles. The Bertz CT molecular complexity index is 223. The van der Waals surface area contributed by atoms with Crippen molar-refractivity contribution >= 4 is 0 Å². The standard InChI is InChI=1S/C16H32N2/c1-13-10-14(2)12-16(11-13)18-8-5-15(6-9-18)4-7-17-3/h13-17H,4-12H2,1-3H3. The number of rotatable bonds is 4. The lowest BCUT2D eigenvalue weighted by atomic mass is 9.79. The summed E-state index contributed by atoms with van der Waals surface area (Å²) in [4.78, 5) is 2.81. The van der Waals surface area contributed by atoms with Gasteiger partial charge in [-0.1, -0.05) is 13.8 Å². The molecule has 106 valence electrons. The summed E-state index contributed by atoms with van der Waals surface area (Å²) < 4.78 is 0. The normalized spacial score (nSPS) is 35.8. The van der Waals surface area contributed by atoms with Gasteiger partial charge in [-0.05, 0) is 83.0 Å². The third kappa shape index (κ3) is 3.96. The van der Waals surface area contributed by atoms with Gasteiger partial charge in [-0.15, -0.1) is 0 Å². The van der Waals surface area contributed by atoms with Gasteiger partial charge in [0.1, 0.15) is 0 Å². The Morgan fingerprint density at radius 3 is 2.17 bits per heavy atom. The summed E-state index contributed by atoms with van der Waals surface area (Å²) in [5.41, 5.74) is 0. The van der Waals surface area contributed by atoms with Crippen molar-refractivity contribution in [3.8, 4) is 0 Å². The molecule has 1 aliphatic carbocycles. The summed E-state index contributed by atoms with van der Waals surface area (Å²) in [5.74, 6) is 2.87. The fourth-order valence-corrected chi connectivity index (χ4v) is 4.16. The van der Waals surface area contributed by atoms with Crippen LogP contribution in [0.4, 0.5) is 0 Å². The van der Waals surface area contributed by atoms with E-state index in [1.807, 2.05) is 0 Å². The highest BCUT2D eigenvalue weighted by atomic mass is 15.2. The zero-order valence-electron chi connectivity index (χ0n) is 12.6. The van der Waals surface area contributed by atoms with Crippen molar-refractivity contribution in [2.75, 3.05) is 26.7 Å². The first-order valence-electron chi connectivity index (χ1n) is 8.07. The first kappa shape index (κ1) is 14.3. The first-order valence-corrected chi connectivity index (χ1v) is 8.07. The maximum Gasteiger partial charge on any atom is 0.0100 e. The van der Waals surface area contributed by atoms with E-state index in [1.165, 1.54) is 58.2 Å². The maximum atomic E-state index is 3.29. The smallest absolute Gasteiger partial charge is 0.0100 e. The third-order valence-corrected chi connectivity index (χ3v) is 5.12. The van der Waals surface area contributed by atoms with Crippen LogP contribution in [0.1, 0.15) is 52.4 Å². The van der Waals surface area contributed by atoms with Crippen molar-refractivity contribution in [2.45, 2.75) is 58.4 Å². The zero-order chi connectivity index (χ0) is 13.0. The van der Waals surface area contributed by atoms with E-state index < -0.39 is 0 Å². The number of nitrogens with one attached hydrogen (secondary N) is 1. The van der Waals surface area contributed by atoms with Gasteiger partial charge in [-0.2, -0.15) is 0 Å². The van der Waals surface area contributed by atoms with E-state index in [2.05, 4.69) is 31.1 Å². The lowest BCUT2D eigenvalue weighted by Gasteiger charge is -2.42. The molecule has 1 saturated heterocycles. The fourth-order valence-electron chi connectivity index (χ4n) is 4.16. The molecule has 2 unspecified atom stereocenters. The predicted molar refractivity (Wildman–Crippen MR) is 78.8 cm³/mol. The van der Waals surface area contributed by atoms with E-state index in [0.29, 0.717) is 0 Å². The van der Waals surface area contributed by atoms with E-state index in [-0.39, 0.29) is 0 Å². The van der Waals surface area contributed by atoms with E-state index in [9.17, 15) is 0 Å². The summed E-state index contributed by atoms with van der Waals surface area (Å²) in [6.45, 7) is 8.81. The van der Waals surface area contributed by atoms with Gasteiger partial charge in [0.25, 0.3) is 0 Å². The van der Waals surface area contributed by atoms with Crippen molar-refractivity contribution in [2.24, 2.45) is 17.8 Å². The van der Waals surface area contributed by atoms with Gasteiger partial charge >= 0.3 is 0 Å². The Balaban J connectivity index is 1.75. The van der Waals surface area contributed by atoms with Crippen LogP contribution < -0.4 is 5.32 Å². The minimum Gasteiger partial charge on any atom is -0.320 e. The van der Waals surface area contributed by atoms with Crippen LogP contribution in [0.15, 0.2) is 0 Å². The molecule has 18 heavy (non-hydrogen) atoms. The average Bonchev–Trinajstić information content (AvgIpc) is 2.36. The Labute approximate surface area is 114 Å². The number of hydrogen-bond donors (Lipinski definition) is 1. The van der Waals surface area contributed by atoms with Crippen LogP contribution in [-0.4, -0.2) is 37.6 Å². The van der Waals surface area contributed by atoms with Crippen molar-refractivity contribution in [3.63, 3.8) is 0 Å². The van der Waals surface area contributed by atoms with Gasteiger partial charge in [0.2, 0.25) is 0 Å². The van der Waals surface area contributed by atoms with Crippen molar-refractivity contribution in [1.29, 1.82) is 0 Å². The average molecular weight is 252 g/mol. The van der Waals surface area contributed by atoms with Crippen LogP contribution in [0.25, 0.3) is 0 Å². The quantitative estimate of drug-likeness (QED) is 0.827. The van der Waals surface area contributed by atoms with Crippen molar-refractivity contribution in [3.05, 3.63) is 0 Å². The van der Waals surface area contributed by atoms with Crippen LogP contribution in [0.3, 0.4) is 0 Å². The van der Waals surface area contributed by atoms with Crippen LogP contribution in [0.2, 0.25) is 0 Å². The molecule has 2 nitrogen and oxygen atoms in total. The zero-order valence-corrected chi connectivity index (χ0v) is 12.6. The molecular weight excluding hydrogens is 220 g/mol. The molecule has 2 rings (SSSR count). The second kappa shape index (κ2) is 6.91. The second-order valence-corrected chi connectivity index (χ2v) is 6.94. The fraction of sp³-hybridized carbons (Fsp3) is 1.00.